The summed E-state index contributed by atoms with van der Waals surface area (Å²) < 4.78 is 22.2. The highest BCUT2D eigenvalue weighted by molar-refractivity contribution is 8.00. The van der Waals surface area contributed by atoms with Crippen molar-refractivity contribution >= 4 is 34.0 Å². The number of aliphatic carboxylic acids is 1. The Balaban J connectivity index is 3.87. The van der Waals surface area contributed by atoms with Crippen LogP contribution in [0, 0.1) is 0 Å². The molecule has 0 bridgehead atoms. The van der Waals surface area contributed by atoms with Gasteiger partial charge in [0, 0.05) is 17.3 Å². The fourth-order valence-electron chi connectivity index (χ4n) is 0.804. The van der Waals surface area contributed by atoms with E-state index in [0.29, 0.717) is 12.2 Å². The summed E-state index contributed by atoms with van der Waals surface area (Å²) in [5.41, 5.74) is 0. The molecule has 94 valence electrons. The van der Waals surface area contributed by atoms with Crippen molar-refractivity contribution in [2.75, 3.05) is 23.0 Å². The molecule has 0 saturated heterocycles. The Morgan fingerprint density at radius 3 is 2.62 bits per heavy atom. The van der Waals surface area contributed by atoms with Crippen LogP contribution < -0.4 is 5.32 Å². The van der Waals surface area contributed by atoms with Gasteiger partial charge in [-0.05, 0) is 0 Å². The number of carbonyl (C=O) groups is 2. The van der Waals surface area contributed by atoms with Crippen molar-refractivity contribution in [2.45, 2.75) is 13.0 Å². The zero-order valence-electron chi connectivity index (χ0n) is 8.88. The van der Waals surface area contributed by atoms with Crippen LogP contribution in [0.2, 0.25) is 0 Å². The van der Waals surface area contributed by atoms with Gasteiger partial charge in [-0.15, -0.1) is 0 Å². The molecule has 6 nitrogen and oxygen atoms in total. The number of carboxylic acids is 1. The molecule has 0 aliphatic heterocycles. The highest BCUT2D eigenvalue weighted by atomic mass is 32.2. The van der Waals surface area contributed by atoms with Crippen LogP contribution in [0.3, 0.4) is 0 Å². The largest absolute Gasteiger partial charge is 0.480 e. The van der Waals surface area contributed by atoms with Crippen molar-refractivity contribution in [3.63, 3.8) is 0 Å². The summed E-state index contributed by atoms with van der Waals surface area (Å²) >= 11 is 1.19. The molecule has 1 unspecified atom stereocenters. The molecule has 0 heterocycles. The third-order valence-corrected chi connectivity index (χ3v) is 4.86. The lowest BCUT2D eigenvalue weighted by Crippen LogP contribution is -2.38. The van der Waals surface area contributed by atoms with Gasteiger partial charge in [0.25, 0.3) is 0 Å². The average Bonchev–Trinajstić information content (AvgIpc) is 2.22. The lowest BCUT2D eigenvalue weighted by atomic mass is 10.3. The maximum absolute atomic E-state index is 11.1. The third kappa shape index (κ3) is 6.67. The van der Waals surface area contributed by atoms with E-state index in [-0.39, 0.29) is 17.3 Å². The number of hydrogen-bond donors (Lipinski definition) is 2. The van der Waals surface area contributed by atoms with Gasteiger partial charge >= 0.3 is 5.97 Å². The van der Waals surface area contributed by atoms with Gasteiger partial charge < -0.3 is 10.4 Å². The summed E-state index contributed by atoms with van der Waals surface area (Å²) in [5, 5.41) is 10.8. The second-order valence-corrected chi connectivity index (χ2v) is 6.61. The number of carbonyl (C=O) groups excluding carboxylic acids is 1. The zero-order valence-corrected chi connectivity index (χ0v) is 10.5. The van der Waals surface area contributed by atoms with Gasteiger partial charge in [-0.2, -0.15) is 11.8 Å². The van der Waals surface area contributed by atoms with E-state index in [0.717, 1.165) is 0 Å². The van der Waals surface area contributed by atoms with Crippen molar-refractivity contribution in [1.82, 2.24) is 5.32 Å². The van der Waals surface area contributed by atoms with Crippen molar-refractivity contribution in [3.05, 3.63) is 0 Å². The average molecular weight is 269 g/mol. The molecule has 0 aliphatic rings. The molecule has 0 rings (SSSR count). The smallest absolute Gasteiger partial charge is 0.327 e. The topological polar surface area (TPSA) is 101 Å². The summed E-state index contributed by atoms with van der Waals surface area (Å²) in [6, 6.07) is -0.966. The number of amides is 1. The summed E-state index contributed by atoms with van der Waals surface area (Å²) in [5.74, 6) is -0.518. The minimum absolute atomic E-state index is 0.0294. The minimum Gasteiger partial charge on any atom is -0.480 e. The van der Waals surface area contributed by atoms with E-state index in [4.69, 9.17) is 5.11 Å². The number of carboxylic acid groups (broad SMARTS) is 1. The lowest BCUT2D eigenvalue weighted by molar-refractivity contribution is -0.139. The van der Waals surface area contributed by atoms with Gasteiger partial charge in [-0.1, -0.05) is 6.92 Å². The second-order valence-electron chi connectivity index (χ2n) is 2.99. The summed E-state index contributed by atoms with van der Waals surface area (Å²) in [6.07, 6.45) is 0.322. The van der Waals surface area contributed by atoms with E-state index >= 15 is 0 Å². The number of sulfone groups is 1. The first kappa shape index (κ1) is 15.2. The van der Waals surface area contributed by atoms with E-state index in [1.54, 1.807) is 6.92 Å². The Morgan fingerprint density at radius 1 is 1.56 bits per heavy atom. The highest BCUT2D eigenvalue weighted by Gasteiger charge is 2.16. The summed E-state index contributed by atoms with van der Waals surface area (Å²) in [7, 11) is -3.01. The Kier molecular flexibility index (Phi) is 7.15. The SMILES string of the molecule is CCS(=O)(=O)CCSCC(NC=O)C(=O)O. The first-order chi connectivity index (χ1) is 7.43. The first-order valence-corrected chi connectivity index (χ1v) is 7.61. The van der Waals surface area contributed by atoms with Crippen LogP contribution in [0.15, 0.2) is 0 Å². The van der Waals surface area contributed by atoms with Gasteiger partial charge in [0.05, 0.1) is 5.75 Å². The second kappa shape index (κ2) is 7.50. The Bertz CT molecular complexity index is 327. The summed E-state index contributed by atoms with van der Waals surface area (Å²) in [6.45, 7) is 1.56. The standard InChI is InChI=1S/C8H15NO5S2/c1-2-16(13,14)4-3-15-5-7(8(11)12)9-6-10/h6-7H,2-5H2,1H3,(H,9,10)(H,11,12). The van der Waals surface area contributed by atoms with Crippen molar-refractivity contribution in [2.24, 2.45) is 0 Å². The normalized spacial score (nSPS) is 13.1. The van der Waals surface area contributed by atoms with E-state index in [2.05, 4.69) is 5.32 Å². The van der Waals surface area contributed by atoms with Crippen molar-refractivity contribution < 1.29 is 23.1 Å². The predicted octanol–water partition coefficient (Wildman–Crippen LogP) is -0.646. The Hall–Kier alpha value is -0.760. The summed E-state index contributed by atoms with van der Waals surface area (Å²) in [4.78, 5) is 20.7. The zero-order chi connectivity index (χ0) is 12.6. The number of hydrogen-bond acceptors (Lipinski definition) is 5. The van der Waals surface area contributed by atoms with Crippen LogP contribution in [-0.4, -0.2) is 55.0 Å². The first-order valence-electron chi connectivity index (χ1n) is 4.63. The molecule has 0 fully saturated rings. The highest BCUT2D eigenvalue weighted by Crippen LogP contribution is 2.05. The Morgan fingerprint density at radius 2 is 2.19 bits per heavy atom. The van der Waals surface area contributed by atoms with Gasteiger partial charge in [-0.3, -0.25) is 4.79 Å². The maximum Gasteiger partial charge on any atom is 0.327 e. The fraction of sp³-hybridized carbons (Fsp3) is 0.750. The molecule has 2 N–H and O–H groups in total. The molecular weight excluding hydrogens is 254 g/mol. The molecular formula is C8H15NO5S2. The third-order valence-electron chi connectivity index (χ3n) is 1.83. The van der Waals surface area contributed by atoms with Crippen LogP contribution in [-0.2, 0) is 19.4 Å². The Labute approximate surface area is 98.7 Å². The number of rotatable bonds is 9. The van der Waals surface area contributed by atoms with Crippen LogP contribution in [0.1, 0.15) is 6.92 Å². The predicted molar refractivity (Wildman–Crippen MR) is 62.3 cm³/mol. The molecule has 1 amide bonds. The van der Waals surface area contributed by atoms with E-state index in [1.807, 2.05) is 0 Å². The molecule has 0 aliphatic carbocycles. The van der Waals surface area contributed by atoms with Crippen molar-refractivity contribution in [3.8, 4) is 0 Å². The molecule has 8 heteroatoms. The van der Waals surface area contributed by atoms with Gasteiger partial charge in [0.15, 0.2) is 9.84 Å². The van der Waals surface area contributed by atoms with Gasteiger partial charge in [0.2, 0.25) is 6.41 Å². The molecule has 0 saturated carbocycles. The number of thioether (sulfide) groups is 1. The molecule has 16 heavy (non-hydrogen) atoms. The van der Waals surface area contributed by atoms with E-state index in [1.165, 1.54) is 11.8 Å². The van der Waals surface area contributed by atoms with E-state index < -0.39 is 21.8 Å². The maximum atomic E-state index is 11.1. The molecule has 0 radical (unpaired) electrons. The molecule has 0 aromatic heterocycles. The number of nitrogens with one attached hydrogen (secondary N) is 1. The van der Waals surface area contributed by atoms with Crippen LogP contribution in [0.5, 0.6) is 0 Å². The molecule has 1 atom stereocenters. The van der Waals surface area contributed by atoms with Crippen LogP contribution in [0.25, 0.3) is 0 Å². The molecule has 0 aromatic rings. The van der Waals surface area contributed by atoms with Crippen LogP contribution in [0.4, 0.5) is 0 Å². The monoisotopic (exact) mass is 269 g/mol. The van der Waals surface area contributed by atoms with Crippen LogP contribution >= 0.6 is 11.8 Å². The van der Waals surface area contributed by atoms with Gasteiger partial charge in [0.1, 0.15) is 6.04 Å². The minimum atomic E-state index is -3.01. The molecule has 0 spiro atoms. The fourth-order valence-corrected chi connectivity index (χ4v) is 3.22. The van der Waals surface area contributed by atoms with Gasteiger partial charge in [-0.25, -0.2) is 13.2 Å². The quantitative estimate of drug-likeness (QED) is 0.426. The molecule has 0 aromatic carbocycles. The van der Waals surface area contributed by atoms with E-state index in [9.17, 15) is 18.0 Å². The van der Waals surface area contributed by atoms with Crippen molar-refractivity contribution in [1.29, 1.82) is 0 Å². The lowest BCUT2D eigenvalue weighted by Gasteiger charge is -2.10.